The summed E-state index contributed by atoms with van der Waals surface area (Å²) in [7, 11) is -3.64. The molecule has 1 aromatic carbocycles. The van der Waals surface area contributed by atoms with Crippen LogP contribution in [-0.4, -0.2) is 42.0 Å². The minimum atomic E-state index is -4.67. The molecule has 0 radical (unpaired) electrons. The van der Waals surface area contributed by atoms with Crippen LogP contribution < -0.4 is 10.3 Å². The topological polar surface area (TPSA) is 81.5 Å². The molecule has 1 fully saturated rings. The highest BCUT2D eigenvalue weighted by Crippen LogP contribution is 2.31. The van der Waals surface area contributed by atoms with E-state index in [1.165, 1.54) is 4.31 Å². The predicted octanol–water partition coefficient (Wildman–Crippen LogP) is 2.30. The number of piperidine rings is 1. The normalized spacial score (nSPS) is 18.2. The zero-order valence-corrected chi connectivity index (χ0v) is 16.7. The number of alkyl halides is 3. The van der Waals surface area contributed by atoms with E-state index in [-0.39, 0.29) is 30.4 Å². The molecule has 2 aliphatic rings. The second-order valence-corrected chi connectivity index (χ2v) is 9.42. The van der Waals surface area contributed by atoms with E-state index in [0.29, 0.717) is 37.7 Å². The number of rotatable bonds is 4. The first-order valence-electron chi connectivity index (χ1n) is 9.54. The Kier molecular flexibility index (Phi) is 5.35. The molecule has 4 rings (SSSR count). The maximum Gasteiger partial charge on any atom is 0.433 e. The molecular weight excluding hydrogens is 423 g/mol. The number of ether oxygens (including phenoxy) is 1. The van der Waals surface area contributed by atoms with Gasteiger partial charge >= 0.3 is 6.18 Å². The van der Waals surface area contributed by atoms with Crippen LogP contribution in [0.2, 0.25) is 0 Å². The fraction of sp³-hybridized carbons (Fsp3) is 0.474. The number of hydrogen-bond donors (Lipinski definition) is 0. The monoisotopic (exact) mass is 443 g/mol. The van der Waals surface area contributed by atoms with Gasteiger partial charge in [-0.1, -0.05) is 0 Å². The minimum Gasteiger partial charge on any atom is -0.493 e. The highest BCUT2D eigenvalue weighted by molar-refractivity contribution is 7.89. The van der Waals surface area contributed by atoms with Gasteiger partial charge in [0, 0.05) is 32.1 Å². The molecule has 11 heteroatoms. The van der Waals surface area contributed by atoms with Crippen molar-refractivity contribution < 1.29 is 26.3 Å². The second-order valence-electron chi connectivity index (χ2n) is 7.48. The summed E-state index contributed by atoms with van der Waals surface area (Å²) in [5.74, 6) is 0.685. The van der Waals surface area contributed by atoms with Crippen LogP contribution in [0.1, 0.15) is 24.1 Å². The van der Waals surface area contributed by atoms with Gasteiger partial charge in [0.15, 0.2) is 5.69 Å². The van der Waals surface area contributed by atoms with Crippen molar-refractivity contribution in [3.05, 3.63) is 52.2 Å². The summed E-state index contributed by atoms with van der Waals surface area (Å²) in [6, 6.07) is 5.35. The van der Waals surface area contributed by atoms with E-state index in [2.05, 4.69) is 4.98 Å². The van der Waals surface area contributed by atoms with Crippen molar-refractivity contribution in [2.24, 2.45) is 5.92 Å². The molecule has 0 aliphatic carbocycles. The lowest BCUT2D eigenvalue weighted by Crippen LogP contribution is -2.40. The van der Waals surface area contributed by atoms with Gasteiger partial charge in [-0.3, -0.25) is 9.36 Å². The van der Waals surface area contributed by atoms with Crippen LogP contribution in [0.25, 0.3) is 0 Å². The van der Waals surface area contributed by atoms with E-state index in [1.54, 1.807) is 18.2 Å². The summed E-state index contributed by atoms with van der Waals surface area (Å²) in [5.41, 5.74) is -1.11. The lowest BCUT2D eigenvalue weighted by atomic mass is 9.98. The fourth-order valence-corrected chi connectivity index (χ4v) is 5.32. The number of hydrogen-bond acceptors (Lipinski definition) is 5. The summed E-state index contributed by atoms with van der Waals surface area (Å²) >= 11 is 0. The van der Waals surface area contributed by atoms with Gasteiger partial charge in [0.1, 0.15) is 5.75 Å². The van der Waals surface area contributed by atoms with E-state index in [1.807, 2.05) is 0 Å². The number of aromatic nitrogens is 2. The minimum absolute atomic E-state index is 0.0268. The molecule has 3 heterocycles. The Hall–Kier alpha value is -2.40. The van der Waals surface area contributed by atoms with Gasteiger partial charge in [0.25, 0.3) is 5.56 Å². The molecule has 7 nitrogen and oxygen atoms in total. The van der Waals surface area contributed by atoms with Gasteiger partial charge < -0.3 is 4.74 Å². The van der Waals surface area contributed by atoms with Crippen LogP contribution >= 0.6 is 0 Å². The third-order valence-corrected chi connectivity index (χ3v) is 7.39. The van der Waals surface area contributed by atoms with E-state index < -0.39 is 27.5 Å². The standard InChI is InChI=1S/C19H20F3N3O4S/c20-19(21,22)17-10-18(26)24(12-23-17)11-13-3-6-25(7-4-13)30(27,28)15-1-2-16-14(9-15)5-8-29-16/h1-2,9-10,12-13H,3-8,11H2. The van der Waals surface area contributed by atoms with E-state index >= 15 is 0 Å². The molecule has 2 aliphatic heterocycles. The highest BCUT2D eigenvalue weighted by atomic mass is 32.2. The van der Waals surface area contributed by atoms with Crippen molar-refractivity contribution in [2.45, 2.75) is 36.9 Å². The van der Waals surface area contributed by atoms with Crippen molar-refractivity contribution in [3.8, 4) is 5.75 Å². The molecule has 1 saturated heterocycles. The van der Waals surface area contributed by atoms with Gasteiger partial charge in [-0.15, -0.1) is 0 Å². The van der Waals surface area contributed by atoms with Crippen molar-refractivity contribution in [1.82, 2.24) is 13.9 Å². The summed E-state index contributed by atoms with van der Waals surface area (Å²) in [6.45, 7) is 1.31. The van der Waals surface area contributed by atoms with Crippen LogP contribution in [0.5, 0.6) is 5.75 Å². The molecule has 1 aromatic heterocycles. The van der Waals surface area contributed by atoms with Crippen molar-refractivity contribution in [1.29, 1.82) is 0 Å². The second kappa shape index (κ2) is 7.69. The molecule has 0 atom stereocenters. The molecule has 0 amide bonds. The molecular formula is C19H20F3N3O4S. The van der Waals surface area contributed by atoms with E-state index in [0.717, 1.165) is 16.5 Å². The van der Waals surface area contributed by atoms with Gasteiger partial charge in [-0.25, -0.2) is 13.4 Å². The molecule has 0 bridgehead atoms. The summed E-state index contributed by atoms with van der Waals surface area (Å²) in [4.78, 5) is 15.5. The Balaban J connectivity index is 1.41. The largest absolute Gasteiger partial charge is 0.493 e. The van der Waals surface area contributed by atoms with Crippen LogP contribution in [-0.2, 0) is 29.2 Å². The Labute approximate surface area is 171 Å². The Morgan fingerprint density at radius 3 is 2.57 bits per heavy atom. The first-order chi connectivity index (χ1) is 14.1. The molecule has 2 aromatic rings. The number of nitrogens with zero attached hydrogens (tertiary/aromatic N) is 3. The number of halogens is 3. The van der Waals surface area contributed by atoms with E-state index in [9.17, 15) is 26.4 Å². The molecule has 0 saturated carbocycles. The lowest BCUT2D eigenvalue weighted by Gasteiger charge is -2.31. The summed E-state index contributed by atoms with van der Waals surface area (Å²) in [5, 5.41) is 0. The van der Waals surface area contributed by atoms with Crippen molar-refractivity contribution in [3.63, 3.8) is 0 Å². The smallest absolute Gasteiger partial charge is 0.433 e. The molecule has 0 unspecified atom stereocenters. The van der Waals surface area contributed by atoms with Crippen LogP contribution in [0.15, 0.2) is 40.3 Å². The summed E-state index contributed by atoms with van der Waals surface area (Å²) < 4.78 is 71.8. The number of benzene rings is 1. The summed E-state index contributed by atoms with van der Waals surface area (Å²) in [6.07, 6.45) is -2.08. The molecule has 0 N–H and O–H groups in total. The first kappa shape index (κ1) is 20.9. The number of fused-ring (bicyclic) bond motifs is 1. The van der Waals surface area contributed by atoms with Gasteiger partial charge in [-0.2, -0.15) is 17.5 Å². The third kappa shape index (κ3) is 4.08. The van der Waals surface area contributed by atoms with Crippen molar-refractivity contribution >= 4 is 10.0 Å². The average Bonchev–Trinajstić information content (AvgIpc) is 3.17. The van der Waals surface area contributed by atoms with Crippen LogP contribution in [0.4, 0.5) is 13.2 Å². The van der Waals surface area contributed by atoms with Gasteiger partial charge in [0.05, 0.1) is 17.8 Å². The molecule has 0 spiro atoms. The highest BCUT2D eigenvalue weighted by Gasteiger charge is 2.34. The van der Waals surface area contributed by atoms with E-state index in [4.69, 9.17) is 4.74 Å². The van der Waals surface area contributed by atoms with Crippen LogP contribution in [0, 0.1) is 5.92 Å². The molecule has 162 valence electrons. The quantitative estimate of drug-likeness (QED) is 0.725. The maximum absolute atomic E-state index is 13.0. The van der Waals surface area contributed by atoms with Gasteiger partial charge in [-0.05, 0) is 42.5 Å². The molecule has 30 heavy (non-hydrogen) atoms. The zero-order chi connectivity index (χ0) is 21.5. The average molecular weight is 443 g/mol. The number of sulfonamides is 1. The van der Waals surface area contributed by atoms with Crippen LogP contribution in [0.3, 0.4) is 0 Å². The first-order valence-corrected chi connectivity index (χ1v) is 11.0. The van der Waals surface area contributed by atoms with Crippen molar-refractivity contribution in [2.75, 3.05) is 19.7 Å². The Morgan fingerprint density at radius 2 is 1.90 bits per heavy atom. The predicted molar refractivity (Wildman–Crippen MR) is 101 cm³/mol. The SMILES string of the molecule is O=c1cc(C(F)(F)F)ncn1CC1CCN(S(=O)(=O)c2ccc3c(c2)CCO3)CC1. The zero-order valence-electron chi connectivity index (χ0n) is 15.9. The van der Waals surface area contributed by atoms with Gasteiger partial charge in [0.2, 0.25) is 10.0 Å². The Morgan fingerprint density at radius 1 is 1.17 bits per heavy atom. The Bertz CT molecular complexity index is 1110. The fourth-order valence-electron chi connectivity index (χ4n) is 3.80. The third-order valence-electron chi connectivity index (χ3n) is 5.50. The maximum atomic E-state index is 13.0. The lowest BCUT2D eigenvalue weighted by molar-refractivity contribution is -0.141.